The van der Waals surface area contributed by atoms with Crippen LogP contribution in [0.5, 0.6) is 5.75 Å². The first-order valence-electron chi connectivity index (χ1n) is 15.4. The van der Waals surface area contributed by atoms with Crippen LogP contribution < -0.4 is 15.0 Å². The number of aromatic nitrogens is 1. The number of ketones is 1. The van der Waals surface area contributed by atoms with Gasteiger partial charge in [0.25, 0.3) is 5.91 Å². The minimum absolute atomic E-state index is 0.0382. The lowest BCUT2D eigenvalue weighted by molar-refractivity contribution is 0.0474. The van der Waals surface area contributed by atoms with E-state index in [-0.39, 0.29) is 17.8 Å². The maximum absolute atomic E-state index is 13.6. The Labute approximate surface area is 254 Å². The zero-order valence-corrected chi connectivity index (χ0v) is 25.7. The Hall–Kier alpha value is -3.95. The Morgan fingerprint density at radius 2 is 1.70 bits per heavy atom. The summed E-state index contributed by atoms with van der Waals surface area (Å²) in [7, 11) is 4.16. The van der Waals surface area contributed by atoms with E-state index < -0.39 is 0 Å². The molecule has 3 aliphatic rings. The summed E-state index contributed by atoms with van der Waals surface area (Å²) >= 11 is 0. The standard InChI is InChI=1S/C34H42N6O3/c1-23(2)43-32-20-24(34(42)40-17-15-39(16-18-40)26-11-13-37(3)14-12-26)9-10-28(32)36-33-21-30-25(22-35-33)19-31(41)27-7-5-6-8-29(27)38(30)4/h5-10,20-23,26H,11-19H2,1-4H3,(H,35,36). The molecular formula is C34H42N6O3. The summed E-state index contributed by atoms with van der Waals surface area (Å²) in [6, 6.07) is 15.9. The van der Waals surface area contributed by atoms with Crippen molar-refractivity contribution in [2.24, 2.45) is 0 Å². The number of Topliss-reactive ketones (excluding diaryl/α,β-unsaturated/α-hetero) is 1. The van der Waals surface area contributed by atoms with Gasteiger partial charge in [-0.15, -0.1) is 0 Å². The number of piperidine rings is 1. The third-order valence-electron chi connectivity index (χ3n) is 8.90. The van der Waals surface area contributed by atoms with E-state index in [2.05, 4.69) is 27.1 Å². The number of rotatable bonds is 6. The number of nitrogens with one attached hydrogen (secondary N) is 1. The molecule has 0 spiro atoms. The maximum Gasteiger partial charge on any atom is 0.254 e. The van der Waals surface area contributed by atoms with Gasteiger partial charge in [-0.3, -0.25) is 14.5 Å². The highest BCUT2D eigenvalue weighted by Gasteiger charge is 2.29. The average molecular weight is 583 g/mol. The van der Waals surface area contributed by atoms with Crippen LogP contribution in [0.1, 0.15) is 53.0 Å². The van der Waals surface area contributed by atoms with Crippen molar-refractivity contribution in [3.8, 4) is 5.75 Å². The largest absolute Gasteiger partial charge is 0.489 e. The number of amides is 1. The van der Waals surface area contributed by atoms with E-state index in [1.165, 1.54) is 12.8 Å². The number of para-hydroxylation sites is 1. The van der Waals surface area contributed by atoms with Gasteiger partial charge in [-0.1, -0.05) is 12.1 Å². The second-order valence-electron chi connectivity index (χ2n) is 12.2. The van der Waals surface area contributed by atoms with E-state index in [1.54, 1.807) is 6.20 Å². The van der Waals surface area contributed by atoms with Crippen LogP contribution in [0.25, 0.3) is 0 Å². The molecule has 0 radical (unpaired) electrons. The van der Waals surface area contributed by atoms with Crippen molar-refractivity contribution >= 4 is 34.6 Å². The average Bonchev–Trinajstić information content (AvgIpc) is 3.12. The van der Waals surface area contributed by atoms with Crippen LogP contribution in [0, 0.1) is 0 Å². The highest BCUT2D eigenvalue weighted by Crippen LogP contribution is 2.37. The minimum atomic E-state index is -0.0716. The Morgan fingerprint density at radius 3 is 2.44 bits per heavy atom. The third-order valence-corrected chi connectivity index (χ3v) is 8.90. The molecule has 3 aromatic rings. The van der Waals surface area contributed by atoms with Crippen molar-refractivity contribution < 1.29 is 14.3 Å². The Balaban J connectivity index is 1.18. The number of carbonyl (C=O) groups excluding carboxylic acids is 2. The third kappa shape index (κ3) is 6.24. The predicted octanol–water partition coefficient (Wildman–Crippen LogP) is 4.97. The molecule has 6 rings (SSSR count). The van der Waals surface area contributed by atoms with E-state index in [0.717, 1.165) is 61.9 Å². The first kappa shape index (κ1) is 29.1. The topological polar surface area (TPSA) is 81.2 Å². The molecule has 0 unspecified atom stereocenters. The smallest absolute Gasteiger partial charge is 0.254 e. The number of likely N-dealkylation sites (tertiary alicyclic amines) is 1. The van der Waals surface area contributed by atoms with Gasteiger partial charge in [-0.25, -0.2) is 4.98 Å². The second kappa shape index (κ2) is 12.3. The molecule has 1 N–H and O–H groups in total. The lowest BCUT2D eigenvalue weighted by Gasteiger charge is -2.42. The van der Waals surface area contributed by atoms with Gasteiger partial charge in [-0.05, 0) is 77.2 Å². The van der Waals surface area contributed by atoms with Crippen molar-refractivity contribution in [1.82, 2.24) is 19.7 Å². The zero-order valence-electron chi connectivity index (χ0n) is 25.7. The number of piperazine rings is 1. The number of hydrogen-bond acceptors (Lipinski definition) is 8. The molecule has 226 valence electrons. The predicted molar refractivity (Wildman–Crippen MR) is 170 cm³/mol. The van der Waals surface area contributed by atoms with E-state index in [9.17, 15) is 9.59 Å². The molecule has 0 saturated carbocycles. The van der Waals surface area contributed by atoms with E-state index in [1.807, 2.05) is 79.2 Å². The molecule has 9 heteroatoms. The molecule has 0 aliphatic carbocycles. The van der Waals surface area contributed by atoms with Gasteiger partial charge in [0.1, 0.15) is 11.6 Å². The number of carbonyl (C=O) groups is 2. The molecule has 3 aliphatic heterocycles. The summed E-state index contributed by atoms with van der Waals surface area (Å²) in [6.45, 7) is 9.57. The van der Waals surface area contributed by atoms with Crippen LogP contribution in [0.15, 0.2) is 54.7 Å². The quantitative estimate of drug-likeness (QED) is 0.437. The fraction of sp³-hybridized carbons (Fsp3) is 0.441. The highest BCUT2D eigenvalue weighted by atomic mass is 16.5. The van der Waals surface area contributed by atoms with Crippen molar-refractivity contribution in [2.45, 2.75) is 45.3 Å². The summed E-state index contributed by atoms with van der Waals surface area (Å²) < 4.78 is 6.19. The van der Waals surface area contributed by atoms with Crippen LogP contribution >= 0.6 is 0 Å². The lowest BCUT2D eigenvalue weighted by Crippen LogP contribution is -2.54. The summed E-state index contributed by atoms with van der Waals surface area (Å²) in [5.74, 6) is 1.36. The number of benzene rings is 2. The molecule has 2 aromatic carbocycles. The van der Waals surface area contributed by atoms with Crippen LogP contribution in [0.3, 0.4) is 0 Å². The molecule has 9 nitrogen and oxygen atoms in total. The monoisotopic (exact) mass is 582 g/mol. The fourth-order valence-electron chi connectivity index (χ4n) is 6.47. The summed E-state index contributed by atoms with van der Waals surface area (Å²) in [4.78, 5) is 40.1. The van der Waals surface area contributed by atoms with Crippen LogP contribution in [0.4, 0.5) is 22.9 Å². The fourth-order valence-corrected chi connectivity index (χ4v) is 6.47. The number of fused-ring (bicyclic) bond motifs is 2. The minimum Gasteiger partial charge on any atom is -0.489 e. The summed E-state index contributed by atoms with van der Waals surface area (Å²) in [5, 5.41) is 3.41. The SMILES string of the molecule is CC(C)Oc1cc(C(=O)N2CCN(C3CCN(C)CC3)CC2)ccc1Nc1cc2c(cn1)CC(=O)c1ccccc1N2C. The Morgan fingerprint density at radius 1 is 0.953 bits per heavy atom. The van der Waals surface area contributed by atoms with Crippen molar-refractivity contribution in [2.75, 3.05) is 63.6 Å². The molecule has 1 amide bonds. The van der Waals surface area contributed by atoms with E-state index in [4.69, 9.17) is 4.74 Å². The van der Waals surface area contributed by atoms with Crippen LogP contribution in [-0.2, 0) is 6.42 Å². The maximum atomic E-state index is 13.6. The van der Waals surface area contributed by atoms with Gasteiger partial charge in [0, 0.05) is 80.3 Å². The van der Waals surface area contributed by atoms with Gasteiger partial charge in [0.2, 0.25) is 0 Å². The molecule has 43 heavy (non-hydrogen) atoms. The van der Waals surface area contributed by atoms with Gasteiger partial charge < -0.3 is 24.8 Å². The number of ether oxygens (including phenoxy) is 1. The summed E-state index contributed by atoms with van der Waals surface area (Å²) in [6.07, 6.45) is 4.40. The lowest BCUT2D eigenvalue weighted by atomic mass is 10.0. The normalized spacial score (nSPS) is 18.3. The number of anilines is 4. The van der Waals surface area contributed by atoms with Gasteiger partial charge in [0.15, 0.2) is 5.78 Å². The number of pyridine rings is 1. The first-order valence-corrected chi connectivity index (χ1v) is 15.4. The highest BCUT2D eigenvalue weighted by molar-refractivity contribution is 6.05. The van der Waals surface area contributed by atoms with E-state index in [0.29, 0.717) is 35.2 Å². The number of nitrogens with zero attached hydrogens (tertiary/aromatic N) is 5. The molecule has 0 bridgehead atoms. The molecule has 4 heterocycles. The molecular weight excluding hydrogens is 540 g/mol. The van der Waals surface area contributed by atoms with Crippen molar-refractivity contribution in [3.05, 3.63) is 71.4 Å². The van der Waals surface area contributed by atoms with Gasteiger partial charge in [0.05, 0.1) is 17.5 Å². The van der Waals surface area contributed by atoms with Crippen molar-refractivity contribution in [1.29, 1.82) is 0 Å². The Bertz CT molecular complexity index is 1490. The first-order chi connectivity index (χ1) is 20.8. The second-order valence-corrected chi connectivity index (χ2v) is 12.2. The molecule has 2 fully saturated rings. The zero-order chi connectivity index (χ0) is 30.1. The molecule has 2 saturated heterocycles. The van der Waals surface area contributed by atoms with Gasteiger partial charge in [-0.2, -0.15) is 0 Å². The molecule has 1 aromatic heterocycles. The van der Waals surface area contributed by atoms with Crippen molar-refractivity contribution in [3.63, 3.8) is 0 Å². The summed E-state index contributed by atoms with van der Waals surface area (Å²) in [5.41, 5.74) is 4.75. The number of hydrogen-bond donors (Lipinski definition) is 1. The van der Waals surface area contributed by atoms with Gasteiger partial charge >= 0.3 is 0 Å². The van der Waals surface area contributed by atoms with Crippen LogP contribution in [-0.4, -0.2) is 96.9 Å². The van der Waals surface area contributed by atoms with E-state index >= 15 is 0 Å². The Kier molecular flexibility index (Phi) is 8.36. The van der Waals surface area contributed by atoms with Crippen LogP contribution in [0.2, 0.25) is 0 Å². The molecule has 0 atom stereocenters.